The molecule has 1 aromatic heterocycles. The molecule has 2 unspecified atom stereocenters. The Morgan fingerprint density at radius 1 is 1.60 bits per heavy atom. The first-order chi connectivity index (χ1) is 7.07. The van der Waals surface area contributed by atoms with Gasteiger partial charge in [-0.15, -0.1) is 0 Å². The summed E-state index contributed by atoms with van der Waals surface area (Å²) in [6, 6.07) is 0. The van der Waals surface area contributed by atoms with E-state index >= 15 is 0 Å². The first-order valence-electron chi connectivity index (χ1n) is 4.94. The minimum atomic E-state index is -2.69. The van der Waals surface area contributed by atoms with E-state index in [0.717, 1.165) is 5.56 Å². The zero-order chi connectivity index (χ0) is 10.8. The largest absolute Gasteiger partial charge is 0.294 e. The molecule has 0 amide bonds. The van der Waals surface area contributed by atoms with Gasteiger partial charge in [0.1, 0.15) is 11.4 Å². The van der Waals surface area contributed by atoms with E-state index in [1.807, 2.05) is 0 Å². The molecule has 2 atom stereocenters. The summed E-state index contributed by atoms with van der Waals surface area (Å²) >= 11 is 0. The van der Waals surface area contributed by atoms with E-state index in [4.69, 9.17) is 0 Å². The highest BCUT2D eigenvalue weighted by atomic mass is 19.3. The second-order valence-electron chi connectivity index (χ2n) is 4.23. The van der Waals surface area contributed by atoms with Crippen molar-refractivity contribution in [2.24, 2.45) is 18.0 Å². The van der Waals surface area contributed by atoms with Gasteiger partial charge in [0.05, 0.1) is 0 Å². The summed E-state index contributed by atoms with van der Waals surface area (Å²) in [6.07, 6.45) is 2.16. The summed E-state index contributed by atoms with van der Waals surface area (Å²) in [5, 5.41) is 4.08. The molecule has 0 bridgehead atoms. The number of alkyl halides is 2. The van der Waals surface area contributed by atoms with Crippen LogP contribution >= 0.6 is 0 Å². The molecule has 1 heterocycles. The molecule has 3 nitrogen and oxygen atoms in total. The van der Waals surface area contributed by atoms with Crippen LogP contribution in [0.25, 0.3) is 0 Å². The van der Waals surface area contributed by atoms with Gasteiger partial charge in [0, 0.05) is 31.8 Å². The molecule has 0 saturated heterocycles. The van der Waals surface area contributed by atoms with Gasteiger partial charge in [-0.2, -0.15) is 13.9 Å². The fourth-order valence-electron chi connectivity index (χ4n) is 2.63. The molecule has 80 valence electrons. The summed E-state index contributed by atoms with van der Waals surface area (Å²) in [5.41, 5.74) is 1.43. The van der Waals surface area contributed by atoms with Gasteiger partial charge in [0.15, 0.2) is 0 Å². The summed E-state index contributed by atoms with van der Waals surface area (Å²) < 4.78 is 28.9. The Balaban J connectivity index is 2.23. The number of rotatable bonds is 1. The van der Waals surface area contributed by atoms with E-state index in [1.165, 1.54) is 4.68 Å². The number of nitrogens with zero attached hydrogens (tertiary/aromatic N) is 3. The maximum absolute atomic E-state index is 13.8. The molecule has 0 radical (unpaired) electrons. The number of hydrogen-bond donors (Lipinski definition) is 0. The van der Waals surface area contributed by atoms with Crippen molar-refractivity contribution >= 4 is 6.21 Å². The van der Waals surface area contributed by atoms with Crippen LogP contribution in [-0.4, -0.2) is 23.0 Å². The molecule has 15 heavy (non-hydrogen) atoms. The van der Waals surface area contributed by atoms with E-state index in [2.05, 4.69) is 10.1 Å². The SMILES string of the molecule is CN=Cc1nn(C)c2c1C1CC1C2(F)F. The quantitative estimate of drug-likeness (QED) is 0.650. The van der Waals surface area contributed by atoms with Gasteiger partial charge in [0.25, 0.3) is 5.92 Å². The van der Waals surface area contributed by atoms with E-state index < -0.39 is 11.8 Å². The Kier molecular flexibility index (Phi) is 1.47. The Labute approximate surface area is 85.8 Å². The van der Waals surface area contributed by atoms with Gasteiger partial charge in [-0.1, -0.05) is 0 Å². The summed E-state index contributed by atoms with van der Waals surface area (Å²) in [6.45, 7) is 0. The zero-order valence-corrected chi connectivity index (χ0v) is 8.54. The van der Waals surface area contributed by atoms with Gasteiger partial charge < -0.3 is 0 Å². The molecule has 2 aliphatic rings. The smallest absolute Gasteiger partial charge is 0.293 e. The second-order valence-corrected chi connectivity index (χ2v) is 4.23. The molecule has 0 aromatic carbocycles. The number of fused-ring (bicyclic) bond motifs is 3. The number of aromatic nitrogens is 2. The van der Waals surface area contributed by atoms with Crippen LogP contribution < -0.4 is 0 Å². The lowest BCUT2D eigenvalue weighted by Gasteiger charge is -2.12. The highest BCUT2D eigenvalue weighted by Crippen LogP contribution is 2.67. The fraction of sp³-hybridized carbons (Fsp3) is 0.600. The number of aryl methyl sites for hydroxylation is 1. The van der Waals surface area contributed by atoms with Crippen molar-refractivity contribution in [2.75, 3.05) is 7.05 Å². The van der Waals surface area contributed by atoms with Crippen molar-refractivity contribution in [2.45, 2.75) is 18.3 Å². The van der Waals surface area contributed by atoms with Crippen LogP contribution in [-0.2, 0) is 13.0 Å². The number of halogens is 2. The lowest BCUT2D eigenvalue weighted by molar-refractivity contribution is -0.0301. The Morgan fingerprint density at radius 3 is 3.00 bits per heavy atom. The van der Waals surface area contributed by atoms with Crippen LogP contribution in [0.3, 0.4) is 0 Å². The van der Waals surface area contributed by atoms with E-state index in [0.29, 0.717) is 12.1 Å². The molecule has 0 aliphatic heterocycles. The molecule has 1 aromatic rings. The number of aliphatic imine (C=N–C) groups is 1. The molecule has 3 rings (SSSR count). The highest BCUT2D eigenvalue weighted by molar-refractivity contribution is 5.81. The predicted molar refractivity (Wildman–Crippen MR) is 51.5 cm³/mol. The second kappa shape index (κ2) is 2.46. The Hall–Kier alpha value is -1.26. The normalized spacial score (nSPS) is 30.7. The van der Waals surface area contributed by atoms with Gasteiger partial charge in [-0.05, 0) is 12.3 Å². The van der Waals surface area contributed by atoms with Crippen molar-refractivity contribution in [1.29, 1.82) is 0 Å². The zero-order valence-electron chi connectivity index (χ0n) is 8.54. The molecule has 0 N–H and O–H groups in total. The first kappa shape index (κ1) is 9.00. The van der Waals surface area contributed by atoms with E-state index in [-0.39, 0.29) is 11.6 Å². The molecule has 2 aliphatic carbocycles. The predicted octanol–water partition coefficient (Wildman–Crippen LogP) is 1.68. The van der Waals surface area contributed by atoms with Crippen molar-refractivity contribution in [1.82, 2.24) is 9.78 Å². The van der Waals surface area contributed by atoms with Crippen molar-refractivity contribution in [3.63, 3.8) is 0 Å². The average Bonchev–Trinajstić information content (AvgIpc) is 2.82. The van der Waals surface area contributed by atoms with Crippen LogP contribution in [0.2, 0.25) is 0 Å². The lowest BCUT2D eigenvalue weighted by atomic mass is 10.1. The van der Waals surface area contributed by atoms with Crippen LogP contribution in [0.15, 0.2) is 4.99 Å². The Morgan fingerprint density at radius 2 is 2.33 bits per heavy atom. The van der Waals surface area contributed by atoms with Crippen LogP contribution in [0, 0.1) is 5.92 Å². The minimum absolute atomic E-state index is 0.0108. The lowest BCUT2D eigenvalue weighted by Crippen LogP contribution is -2.18. The van der Waals surface area contributed by atoms with Crippen molar-refractivity contribution in [3.05, 3.63) is 17.0 Å². The van der Waals surface area contributed by atoms with Crippen LogP contribution in [0.1, 0.15) is 29.3 Å². The molecule has 1 fully saturated rings. The third kappa shape index (κ3) is 0.931. The molecule has 5 heteroatoms. The Bertz CT molecular complexity index is 461. The summed E-state index contributed by atoms with van der Waals surface area (Å²) in [7, 11) is 3.20. The standard InChI is InChI=1S/C10H11F2N3/c1-13-4-7-8-5-3-6(5)10(11,12)9(8)15(2)14-7/h4-6H,3H2,1-2H3. The van der Waals surface area contributed by atoms with Crippen LogP contribution in [0.4, 0.5) is 8.78 Å². The maximum atomic E-state index is 13.8. The third-order valence-electron chi connectivity index (χ3n) is 3.31. The summed E-state index contributed by atoms with van der Waals surface area (Å²) in [5.74, 6) is -3.17. The maximum Gasteiger partial charge on any atom is 0.293 e. The molecule has 1 saturated carbocycles. The molecular weight excluding hydrogens is 200 g/mol. The van der Waals surface area contributed by atoms with E-state index in [1.54, 1.807) is 20.3 Å². The first-order valence-corrected chi connectivity index (χ1v) is 4.94. The average molecular weight is 211 g/mol. The minimum Gasteiger partial charge on any atom is -0.294 e. The van der Waals surface area contributed by atoms with Gasteiger partial charge >= 0.3 is 0 Å². The molecule has 0 spiro atoms. The van der Waals surface area contributed by atoms with Gasteiger partial charge in [0.2, 0.25) is 0 Å². The van der Waals surface area contributed by atoms with Crippen molar-refractivity contribution in [3.8, 4) is 0 Å². The summed E-state index contributed by atoms with van der Waals surface area (Å²) in [4.78, 5) is 3.85. The van der Waals surface area contributed by atoms with E-state index in [9.17, 15) is 8.78 Å². The number of hydrogen-bond acceptors (Lipinski definition) is 2. The monoisotopic (exact) mass is 211 g/mol. The fourth-order valence-corrected chi connectivity index (χ4v) is 2.63. The van der Waals surface area contributed by atoms with Crippen LogP contribution in [0.5, 0.6) is 0 Å². The highest BCUT2D eigenvalue weighted by Gasteiger charge is 2.66. The third-order valence-corrected chi connectivity index (χ3v) is 3.31. The van der Waals surface area contributed by atoms with Crippen molar-refractivity contribution < 1.29 is 8.78 Å². The molecular formula is C10H11F2N3. The topological polar surface area (TPSA) is 30.2 Å². The van der Waals surface area contributed by atoms with Gasteiger partial charge in [-0.3, -0.25) is 9.67 Å². The van der Waals surface area contributed by atoms with Gasteiger partial charge in [-0.25, -0.2) is 0 Å².